The average molecular weight is 344 g/mol. The van der Waals surface area contributed by atoms with Gasteiger partial charge < -0.3 is 10.1 Å². The first-order valence-electron chi connectivity index (χ1n) is 8.42. The Morgan fingerprint density at radius 2 is 2.04 bits per heavy atom. The van der Waals surface area contributed by atoms with Crippen LogP contribution in [0.2, 0.25) is 5.02 Å². The minimum Gasteiger partial charge on any atom is -0.456 e. The van der Waals surface area contributed by atoms with Crippen molar-refractivity contribution < 1.29 is 9.53 Å². The van der Waals surface area contributed by atoms with Gasteiger partial charge in [0.25, 0.3) is 0 Å². The molecule has 2 aromatic carbocycles. The largest absolute Gasteiger partial charge is 0.456 e. The SMILES string of the molecule is CCC[C@@]1(C(=O)c2ccc(Cl)c(Oc3ccccc3)c2)CCNC1. The topological polar surface area (TPSA) is 38.3 Å². The third-order valence-electron chi connectivity index (χ3n) is 4.62. The number of carbonyl (C=O) groups excluding carboxylic acids is 1. The molecular formula is C20H22ClNO2. The summed E-state index contributed by atoms with van der Waals surface area (Å²) in [7, 11) is 0. The number of ketones is 1. The van der Waals surface area contributed by atoms with E-state index in [2.05, 4.69) is 12.2 Å². The molecule has 1 saturated heterocycles. The Kier molecular flexibility index (Phi) is 5.22. The Morgan fingerprint density at radius 3 is 2.71 bits per heavy atom. The van der Waals surface area contributed by atoms with E-state index in [0.29, 0.717) is 22.1 Å². The zero-order chi connectivity index (χ0) is 17.0. The second kappa shape index (κ2) is 7.37. The predicted molar refractivity (Wildman–Crippen MR) is 97.1 cm³/mol. The van der Waals surface area contributed by atoms with Gasteiger partial charge >= 0.3 is 0 Å². The molecule has 4 heteroatoms. The molecule has 1 aliphatic heterocycles. The van der Waals surface area contributed by atoms with Gasteiger partial charge in [0.2, 0.25) is 0 Å². The van der Waals surface area contributed by atoms with E-state index in [1.807, 2.05) is 30.3 Å². The number of carbonyl (C=O) groups is 1. The third-order valence-corrected chi connectivity index (χ3v) is 4.93. The van der Waals surface area contributed by atoms with Crippen LogP contribution >= 0.6 is 11.6 Å². The van der Waals surface area contributed by atoms with E-state index < -0.39 is 0 Å². The van der Waals surface area contributed by atoms with Gasteiger partial charge in [0, 0.05) is 17.5 Å². The minimum atomic E-state index is -0.299. The highest BCUT2D eigenvalue weighted by Crippen LogP contribution is 2.37. The number of Topliss-reactive ketones (excluding diaryl/α,β-unsaturated/α-hetero) is 1. The quantitative estimate of drug-likeness (QED) is 0.742. The smallest absolute Gasteiger partial charge is 0.170 e. The Morgan fingerprint density at radius 1 is 1.25 bits per heavy atom. The van der Waals surface area contributed by atoms with Crippen LogP contribution in [0.5, 0.6) is 11.5 Å². The second-order valence-corrected chi connectivity index (χ2v) is 6.75. The van der Waals surface area contributed by atoms with Crippen molar-refractivity contribution in [1.82, 2.24) is 5.32 Å². The minimum absolute atomic E-state index is 0.184. The van der Waals surface area contributed by atoms with E-state index in [4.69, 9.17) is 16.3 Å². The first-order valence-corrected chi connectivity index (χ1v) is 8.80. The van der Waals surface area contributed by atoms with Gasteiger partial charge in [-0.3, -0.25) is 4.79 Å². The number of hydrogen-bond acceptors (Lipinski definition) is 3. The standard InChI is InChI=1S/C20H22ClNO2/c1-2-10-20(11-12-22-14-20)19(23)15-8-9-17(21)18(13-15)24-16-6-4-3-5-7-16/h3-9,13,22H,2,10-12,14H2,1H3/t20-/m1/s1. The van der Waals surface area contributed by atoms with Gasteiger partial charge in [-0.15, -0.1) is 0 Å². The molecule has 0 bridgehead atoms. The summed E-state index contributed by atoms with van der Waals surface area (Å²) in [6.07, 6.45) is 2.78. The van der Waals surface area contributed by atoms with Crippen LogP contribution in [0.1, 0.15) is 36.5 Å². The van der Waals surface area contributed by atoms with Crippen molar-refractivity contribution in [2.75, 3.05) is 13.1 Å². The van der Waals surface area contributed by atoms with Crippen LogP contribution < -0.4 is 10.1 Å². The summed E-state index contributed by atoms with van der Waals surface area (Å²) in [5, 5.41) is 3.84. The highest BCUT2D eigenvalue weighted by molar-refractivity contribution is 6.32. The van der Waals surface area contributed by atoms with E-state index in [9.17, 15) is 4.79 Å². The zero-order valence-corrected chi connectivity index (χ0v) is 14.6. The van der Waals surface area contributed by atoms with E-state index >= 15 is 0 Å². The number of benzene rings is 2. The van der Waals surface area contributed by atoms with Crippen LogP contribution in [0.15, 0.2) is 48.5 Å². The molecule has 1 fully saturated rings. The fourth-order valence-electron chi connectivity index (χ4n) is 3.39. The van der Waals surface area contributed by atoms with Gasteiger partial charge in [-0.05, 0) is 49.7 Å². The molecule has 0 radical (unpaired) electrons. The number of nitrogens with one attached hydrogen (secondary N) is 1. The lowest BCUT2D eigenvalue weighted by atomic mass is 9.76. The van der Waals surface area contributed by atoms with Crippen LogP contribution in [0.25, 0.3) is 0 Å². The van der Waals surface area contributed by atoms with E-state index in [-0.39, 0.29) is 11.2 Å². The molecule has 1 atom stereocenters. The zero-order valence-electron chi connectivity index (χ0n) is 13.8. The molecule has 0 unspecified atom stereocenters. The first kappa shape index (κ1) is 17.0. The molecule has 3 rings (SSSR count). The third kappa shape index (κ3) is 3.47. The lowest BCUT2D eigenvalue weighted by Gasteiger charge is -2.26. The predicted octanol–water partition coefficient (Wildman–Crippen LogP) is 5.09. The molecule has 0 aromatic heterocycles. The molecule has 3 nitrogen and oxygen atoms in total. The summed E-state index contributed by atoms with van der Waals surface area (Å²) in [4.78, 5) is 13.1. The van der Waals surface area contributed by atoms with Crippen LogP contribution in [0, 0.1) is 5.41 Å². The molecule has 0 saturated carbocycles. The molecule has 1 N–H and O–H groups in total. The number of para-hydroxylation sites is 1. The van der Waals surface area contributed by atoms with Crippen molar-refractivity contribution in [3.05, 3.63) is 59.1 Å². The maximum Gasteiger partial charge on any atom is 0.170 e. The van der Waals surface area contributed by atoms with Crippen LogP contribution in [0.4, 0.5) is 0 Å². The van der Waals surface area contributed by atoms with Crippen molar-refractivity contribution >= 4 is 17.4 Å². The van der Waals surface area contributed by atoms with Crippen LogP contribution in [-0.2, 0) is 0 Å². The summed E-state index contributed by atoms with van der Waals surface area (Å²) in [5.74, 6) is 1.41. The van der Waals surface area contributed by atoms with Crippen molar-refractivity contribution in [2.24, 2.45) is 5.41 Å². The van der Waals surface area contributed by atoms with Crippen molar-refractivity contribution in [3.8, 4) is 11.5 Å². The van der Waals surface area contributed by atoms with Crippen LogP contribution in [0.3, 0.4) is 0 Å². The number of ether oxygens (including phenoxy) is 1. The normalized spacial score (nSPS) is 20.1. The number of hydrogen-bond donors (Lipinski definition) is 1. The Hall–Kier alpha value is -1.84. The molecule has 0 amide bonds. The monoisotopic (exact) mass is 343 g/mol. The lowest BCUT2D eigenvalue weighted by Crippen LogP contribution is -2.33. The maximum atomic E-state index is 13.1. The van der Waals surface area contributed by atoms with Crippen molar-refractivity contribution in [2.45, 2.75) is 26.2 Å². The Balaban J connectivity index is 1.88. The van der Waals surface area contributed by atoms with Gasteiger partial charge in [-0.25, -0.2) is 0 Å². The van der Waals surface area contributed by atoms with Gasteiger partial charge in [0.15, 0.2) is 5.78 Å². The molecule has 24 heavy (non-hydrogen) atoms. The van der Waals surface area contributed by atoms with Gasteiger partial charge in [0.05, 0.1) is 5.02 Å². The van der Waals surface area contributed by atoms with E-state index in [0.717, 1.165) is 32.4 Å². The lowest BCUT2D eigenvalue weighted by molar-refractivity contribution is 0.0801. The number of rotatable bonds is 6. The molecule has 1 aliphatic rings. The molecule has 126 valence electrons. The highest BCUT2D eigenvalue weighted by atomic mass is 35.5. The highest BCUT2D eigenvalue weighted by Gasteiger charge is 2.40. The summed E-state index contributed by atoms with van der Waals surface area (Å²) in [6.45, 7) is 3.77. The van der Waals surface area contributed by atoms with Crippen molar-refractivity contribution in [3.63, 3.8) is 0 Å². The fourth-order valence-corrected chi connectivity index (χ4v) is 3.54. The van der Waals surface area contributed by atoms with Gasteiger partial charge in [-0.1, -0.05) is 43.1 Å². The van der Waals surface area contributed by atoms with Gasteiger partial charge in [-0.2, -0.15) is 0 Å². The van der Waals surface area contributed by atoms with E-state index in [1.54, 1.807) is 18.2 Å². The Bertz CT molecular complexity index is 709. The summed E-state index contributed by atoms with van der Waals surface area (Å²) >= 11 is 6.26. The summed E-state index contributed by atoms with van der Waals surface area (Å²) in [6, 6.07) is 14.8. The van der Waals surface area contributed by atoms with Gasteiger partial charge in [0.1, 0.15) is 11.5 Å². The molecule has 2 aromatic rings. The van der Waals surface area contributed by atoms with E-state index in [1.165, 1.54) is 0 Å². The molecular weight excluding hydrogens is 322 g/mol. The van der Waals surface area contributed by atoms with Crippen LogP contribution in [-0.4, -0.2) is 18.9 Å². The fraction of sp³-hybridized carbons (Fsp3) is 0.350. The molecule has 0 spiro atoms. The summed E-state index contributed by atoms with van der Waals surface area (Å²) in [5.41, 5.74) is 0.370. The second-order valence-electron chi connectivity index (χ2n) is 6.35. The first-order chi connectivity index (χ1) is 11.6. The molecule has 0 aliphatic carbocycles. The Labute approximate surface area is 148 Å². The number of halogens is 1. The summed E-state index contributed by atoms with van der Waals surface area (Å²) < 4.78 is 5.86. The maximum absolute atomic E-state index is 13.1. The average Bonchev–Trinajstić information content (AvgIpc) is 3.07. The van der Waals surface area contributed by atoms with Crippen molar-refractivity contribution in [1.29, 1.82) is 0 Å². The molecule has 1 heterocycles.